The molecule has 2 aromatic carbocycles. The summed E-state index contributed by atoms with van der Waals surface area (Å²) in [5.41, 5.74) is 1.85. The van der Waals surface area contributed by atoms with Crippen molar-refractivity contribution in [1.82, 2.24) is 9.80 Å². The number of cyclic esters (lactones) is 1. The van der Waals surface area contributed by atoms with E-state index in [1.807, 2.05) is 37.3 Å². The zero-order valence-electron chi connectivity index (χ0n) is 15.2. The standard InChI is InChI=1S/C21H22N2O4/c1-15-7-8-17(24)11-18(15)19(25)22-9-10-23-20(26)27-14-21(23,13-22)12-16-5-3-2-4-6-16/h2-8,11,24H,9-10,12-14H2,1H3. The number of rotatable bonds is 3. The number of benzene rings is 2. The van der Waals surface area contributed by atoms with Crippen molar-refractivity contribution in [3.8, 4) is 5.75 Å². The molecule has 2 aliphatic heterocycles. The molecule has 6 nitrogen and oxygen atoms in total. The summed E-state index contributed by atoms with van der Waals surface area (Å²) in [7, 11) is 0. The Morgan fingerprint density at radius 2 is 1.96 bits per heavy atom. The number of fused-ring (bicyclic) bond motifs is 1. The smallest absolute Gasteiger partial charge is 0.410 e. The van der Waals surface area contributed by atoms with Gasteiger partial charge in [-0.25, -0.2) is 4.79 Å². The monoisotopic (exact) mass is 366 g/mol. The van der Waals surface area contributed by atoms with Crippen LogP contribution in [0.25, 0.3) is 0 Å². The second kappa shape index (κ2) is 6.61. The molecule has 0 spiro atoms. The molecule has 2 amide bonds. The van der Waals surface area contributed by atoms with Gasteiger partial charge in [-0.3, -0.25) is 9.69 Å². The number of carbonyl (C=O) groups excluding carboxylic acids is 2. The number of aryl methyl sites for hydroxylation is 1. The fourth-order valence-corrected chi connectivity index (χ4v) is 4.02. The molecule has 4 rings (SSSR count). The quantitative estimate of drug-likeness (QED) is 0.906. The van der Waals surface area contributed by atoms with Crippen LogP contribution in [-0.2, 0) is 11.2 Å². The van der Waals surface area contributed by atoms with Gasteiger partial charge < -0.3 is 14.7 Å². The minimum Gasteiger partial charge on any atom is -0.508 e. The van der Waals surface area contributed by atoms with Crippen molar-refractivity contribution >= 4 is 12.0 Å². The molecule has 1 unspecified atom stereocenters. The Balaban J connectivity index is 1.63. The van der Waals surface area contributed by atoms with Crippen LogP contribution in [0.15, 0.2) is 48.5 Å². The lowest BCUT2D eigenvalue weighted by atomic mass is 9.87. The molecule has 2 aliphatic rings. The van der Waals surface area contributed by atoms with Gasteiger partial charge in [-0.15, -0.1) is 0 Å². The number of nitrogens with zero attached hydrogens (tertiary/aromatic N) is 2. The molecule has 6 heteroatoms. The van der Waals surface area contributed by atoms with Gasteiger partial charge in [-0.1, -0.05) is 36.4 Å². The van der Waals surface area contributed by atoms with Gasteiger partial charge in [0, 0.05) is 31.6 Å². The van der Waals surface area contributed by atoms with Crippen LogP contribution in [0.2, 0.25) is 0 Å². The van der Waals surface area contributed by atoms with Crippen LogP contribution >= 0.6 is 0 Å². The van der Waals surface area contributed by atoms with Crippen molar-refractivity contribution in [3.05, 3.63) is 65.2 Å². The van der Waals surface area contributed by atoms with Crippen LogP contribution in [-0.4, -0.2) is 58.7 Å². The summed E-state index contributed by atoms with van der Waals surface area (Å²) in [6.07, 6.45) is 0.314. The number of phenolic OH excluding ortho intramolecular Hbond substituents is 1. The second-order valence-electron chi connectivity index (χ2n) is 7.32. The van der Waals surface area contributed by atoms with E-state index in [0.29, 0.717) is 31.6 Å². The Bertz CT molecular complexity index is 883. The maximum atomic E-state index is 13.1. The number of hydrogen-bond donors (Lipinski definition) is 1. The van der Waals surface area contributed by atoms with Crippen molar-refractivity contribution < 1.29 is 19.4 Å². The third kappa shape index (κ3) is 3.12. The average Bonchev–Trinajstić information content (AvgIpc) is 3.00. The van der Waals surface area contributed by atoms with Gasteiger partial charge in [0.25, 0.3) is 5.91 Å². The molecule has 2 saturated heterocycles. The molecule has 2 aromatic rings. The summed E-state index contributed by atoms with van der Waals surface area (Å²) in [6.45, 7) is 3.41. The SMILES string of the molecule is Cc1ccc(O)cc1C(=O)N1CCN2C(=O)OCC2(Cc2ccccc2)C1. The van der Waals surface area contributed by atoms with Crippen LogP contribution in [0.1, 0.15) is 21.5 Å². The van der Waals surface area contributed by atoms with E-state index in [4.69, 9.17) is 4.74 Å². The van der Waals surface area contributed by atoms with E-state index >= 15 is 0 Å². The predicted octanol–water partition coefficient (Wildman–Crippen LogP) is 2.59. The Hall–Kier alpha value is -3.02. The molecular formula is C21H22N2O4. The normalized spacial score (nSPS) is 21.7. The topological polar surface area (TPSA) is 70.1 Å². The predicted molar refractivity (Wildman–Crippen MR) is 99.7 cm³/mol. The molecule has 27 heavy (non-hydrogen) atoms. The van der Waals surface area contributed by atoms with Crippen LogP contribution in [0, 0.1) is 6.92 Å². The lowest BCUT2D eigenvalue weighted by Gasteiger charge is -2.45. The third-order valence-corrected chi connectivity index (χ3v) is 5.45. The van der Waals surface area contributed by atoms with E-state index in [-0.39, 0.29) is 24.4 Å². The maximum Gasteiger partial charge on any atom is 0.410 e. The lowest BCUT2D eigenvalue weighted by Crippen LogP contribution is -2.63. The average molecular weight is 366 g/mol. The highest BCUT2D eigenvalue weighted by Crippen LogP contribution is 2.33. The van der Waals surface area contributed by atoms with Crippen LogP contribution in [0.4, 0.5) is 4.79 Å². The first kappa shape index (κ1) is 17.4. The maximum absolute atomic E-state index is 13.1. The molecule has 0 radical (unpaired) electrons. The van der Waals surface area contributed by atoms with E-state index in [1.54, 1.807) is 21.9 Å². The Morgan fingerprint density at radius 1 is 1.19 bits per heavy atom. The van der Waals surface area contributed by atoms with Crippen LogP contribution < -0.4 is 0 Å². The highest BCUT2D eigenvalue weighted by Gasteiger charge is 2.51. The number of carbonyl (C=O) groups is 2. The van der Waals surface area contributed by atoms with Gasteiger partial charge in [-0.05, 0) is 30.2 Å². The van der Waals surface area contributed by atoms with E-state index in [2.05, 4.69) is 0 Å². The van der Waals surface area contributed by atoms with Gasteiger partial charge in [0.05, 0.1) is 0 Å². The first-order valence-corrected chi connectivity index (χ1v) is 9.06. The van der Waals surface area contributed by atoms with Gasteiger partial charge in [0.2, 0.25) is 0 Å². The van der Waals surface area contributed by atoms with Crippen molar-refractivity contribution in [2.75, 3.05) is 26.2 Å². The first-order valence-electron chi connectivity index (χ1n) is 9.06. The summed E-state index contributed by atoms with van der Waals surface area (Å²) in [5, 5.41) is 9.77. The zero-order chi connectivity index (χ0) is 19.0. The number of phenols is 1. The van der Waals surface area contributed by atoms with E-state index in [0.717, 1.165) is 11.1 Å². The molecule has 0 saturated carbocycles. The Labute approximate surface area is 158 Å². The van der Waals surface area contributed by atoms with E-state index in [9.17, 15) is 14.7 Å². The summed E-state index contributed by atoms with van der Waals surface area (Å²) < 4.78 is 5.36. The highest BCUT2D eigenvalue weighted by molar-refractivity contribution is 5.96. The molecular weight excluding hydrogens is 344 g/mol. The minimum atomic E-state index is -0.558. The molecule has 1 N–H and O–H groups in total. The summed E-state index contributed by atoms with van der Waals surface area (Å²) in [6, 6.07) is 14.8. The Morgan fingerprint density at radius 3 is 2.74 bits per heavy atom. The van der Waals surface area contributed by atoms with Gasteiger partial charge in [-0.2, -0.15) is 0 Å². The Kier molecular flexibility index (Phi) is 4.26. The van der Waals surface area contributed by atoms with Crippen molar-refractivity contribution in [2.24, 2.45) is 0 Å². The summed E-state index contributed by atoms with van der Waals surface area (Å²) >= 11 is 0. The largest absolute Gasteiger partial charge is 0.508 e. The number of hydrogen-bond acceptors (Lipinski definition) is 4. The summed E-state index contributed by atoms with van der Waals surface area (Å²) in [5.74, 6) is -0.0594. The number of ether oxygens (including phenoxy) is 1. The van der Waals surface area contributed by atoms with Gasteiger partial charge in [0.15, 0.2) is 0 Å². The number of piperazine rings is 1. The van der Waals surface area contributed by atoms with Crippen LogP contribution in [0.3, 0.4) is 0 Å². The number of aromatic hydroxyl groups is 1. The third-order valence-electron chi connectivity index (χ3n) is 5.45. The van der Waals surface area contributed by atoms with Gasteiger partial charge in [0.1, 0.15) is 17.9 Å². The first-order chi connectivity index (χ1) is 13.0. The molecule has 140 valence electrons. The van der Waals surface area contributed by atoms with Crippen molar-refractivity contribution in [1.29, 1.82) is 0 Å². The minimum absolute atomic E-state index is 0.0703. The fraction of sp³-hybridized carbons (Fsp3) is 0.333. The van der Waals surface area contributed by atoms with E-state index < -0.39 is 5.54 Å². The van der Waals surface area contributed by atoms with Gasteiger partial charge >= 0.3 is 6.09 Å². The molecule has 0 aromatic heterocycles. The van der Waals surface area contributed by atoms with Crippen molar-refractivity contribution in [3.63, 3.8) is 0 Å². The summed E-state index contributed by atoms with van der Waals surface area (Å²) in [4.78, 5) is 28.9. The van der Waals surface area contributed by atoms with Crippen molar-refractivity contribution in [2.45, 2.75) is 18.9 Å². The molecule has 1 atom stereocenters. The van der Waals surface area contributed by atoms with E-state index in [1.165, 1.54) is 6.07 Å². The molecule has 2 fully saturated rings. The number of amides is 2. The zero-order valence-corrected chi connectivity index (χ0v) is 15.2. The molecule has 2 heterocycles. The van der Waals surface area contributed by atoms with Crippen LogP contribution in [0.5, 0.6) is 5.75 Å². The second-order valence-corrected chi connectivity index (χ2v) is 7.32. The molecule has 0 aliphatic carbocycles. The highest BCUT2D eigenvalue weighted by atomic mass is 16.6. The molecule has 0 bridgehead atoms. The lowest BCUT2D eigenvalue weighted by molar-refractivity contribution is 0.0374. The fourth-order valence-electron chi connectivity index (χ4n) is 4.02.